The molecule has 0 aliphatic heterocycles. The SMILES string of the molecule is COC(=O)C(O)c1c(F)ccc([N+](=O)[O-])c1C. The first-order valence-electron chi connectivity index (χ1n) is 4.59. The van der Waals surface area contributed by atoms with Crippen LogP contribution in [0.1, 0.15) is 17.2 Å². The predicted octanol–water partition coefficient (Wildman–Crippen LogP) is 1.25. The normalized spacial score (nSPS) is 12.0. The molecule has 1 rings (SSSR count). The van der Waals surface area contributed by atoms with E-state index in [0.29, 0.717) is 0 Å². The standard InChI is InChI=1S/C10H10FNO5/c1-5-7(12(15)16)4-3-6(11)8(5)9(13)10(14)17-2/h3-4,9,13H,1-2H3. The van der Waals surface area contributed by atoms with Crippen LogP contribution in [0.25, 0.3) is 0 Å². The van der Waals surface area contributed by atoms with Gasteiger partial charge in [0.15, 0.2) is 6.10 Å². The second kappa shape index (κ2) is 4.88. The molecule has 1 atom stereocenters. The van der Waals surface area contributed by atoms with Gasteiger partial charge in [0.25, 0.3) is 5.69 Å². The van der Waals surface area contributed by atoms with Crippen molar-refractivity contribution in [3.63, 3.8) is 0 Å². The zero-order chi connectivity index (χ0) is 13.2. The molecule has 1 aromatic carbocycles. The van der Waals surface area contributed by atoms with E-state index in [2.05, 4.69) is 4.74 Å². The van der Waals surface area contributed by atoms with Gasteiger partial charge in [0.1, 0.15) is 5.82 Å². The highest BCUT2D eigenvalue weighted by Crippen LogP contribution is 2.29. The molecular weight excluding hydrogens is 233 g/mol. The average Bonchev–Trinajstić information content (AvgIpc) is 2.27. The lowest BCUT2D eigenvalue weighted by molar-refractivity contribution is -0.385. The van der Waals surface area contributed by atoms with Crippen LogP contribution in [0.2, 0.25) is 0 Å². The summed E-state index contributed by atoms with van der Waals surface area (Å²) in [7, 11) is 1.02. The maximum atomic E-state index is 13.5. The number of aliphatic hydroxyl groups is 1. The monoisotopic (exact) mass is 243 g/mol. The zero-order valence-electron chi connectivity index (χ0n) is 9.14. The molecule has 6 nitrogen and oxygen atoms in total. The first-order valence-corrected chi connectivity index (χ1v) is 4.59. The van der Waals surface area contributed by atoms with Gasteiger partial charge in [-0.05, 0) is 13.0 Å². The van der Waals surface area contributed by atoms with Crippen LogP contribution in [-0.2, 0) is 9.53 Å². The molecule has 0 aliphatic rings. The van der Waals surface area contributed by atoms with E-state index in [1.807, 2.05) is 0 Å². The van der Waals surface area contributed by atoms with Gasteiger partial charge in [-0.2, -0.15) is 0 Å². The number of esters is 1. The van der Waals surface area contributed by atoms with Crippen LogP contribution in [0.3, 0.4) is 0 Å². The maximum absolute atomic E-state index is 13.5. The third kappa shape index (κ3) is 2.39. The average molecular weight is 243 g/mol. The number of hydrogen-bond donors (Lipinski definition) is 1. The highest BCUT2D eigenvalue weighted by atomic mass is 19.1. The van der Waals surface area contributed by atoms with E-state index in [0.717, 1.165) is 19.2 Å². The van der Waals surface area contributed by atoms with E-state index >= 15 is 0 Å². The molecule has 17 heavy (non-hydrogen) atoms. The summed E-state index contributed by atoms with van der Waals surface area (Å²) in [5, 5.41) is 20.2. The molecule has 0 heterocycles. The molecule has 0 bridgehead atoms. The Morgan fingerprint density at radius 3 is 2.65 bits per heavy atom. The van der Waals surface area contributed by atoms with Gasteiger partial charge in [-0.15, -0.1) is 0 Å². The van der Waals surface area contributed by atoms with Crippen molar-refractivity contribution >= 4 is 11.7 Å². The highest BCUT2D eigenvalue weighted by Gasteiger charge is 2.27. The minimum atomic E-state index is -1.88. The largest absolute Gasteiger partial charge is 0.467 e. The molecule has 1 aromatic rings. The number of nitro benzene ring substituents is 1. The lowest BCUT2D eigenvalue weighted by Crippen LogP contribution is -2.16. The minimum Gasteiger partial charge on any atom is -0.467 e. The van der Waals surface area contributed by atoms with Crippen molar-refractivity contribution in [2.24, 2.45) is 0 Å². The van der Waals surface area contributed by atoms with Crippen LogP contribution >= 0.6 is 0 Å². The summed E-state index contributed by atoms with van der Waals surface area (Å²) in [6.07, 6.45) is -1.88. The number of benzene rings is 1. The van der Waals surface area contributed by atoms with Gasteiger partial charge < -0.3 is 9.84 Å². The molecule has 1 unspecified atom stereocenters. The Hall–Kier alpha value is -2.02. The lowest BCUT2D eigenvalue weighted by atomic mass is 10.0. The summed E-state index contributed by atoms with van der Waals surface area (Å²) in [6.45, 7) is 1.25. The molecule has 1 N–H and O–H groups in total. The number of rotatable bonds is 3. The van der Waals surface area contributed by atoms with Crippen molar-refractivity contribution in [1.29, 1.82) is 0 Å². The van der Waals surface area contributed by atoms with Gasteiger partial charge in [-0.1, -0.05) is 0 Å². The fraction of sp³-hybridized carbons (Fsp3) is 0.300. The fourth-order valence-corrected chi connectivity index (χ4v) is 1.45. The molecule has 0 aromatic heterocycles. The number of carbonyl (C=O) groups excluding carboxylic acids is 1. The number of methoxy groups -OCH3 is 1. The first-order chi connectivity index (χ1) is 7.90. The van der Waals surface area contributed by atoms with E-state index in [4.69, 9.17) is 0 Å². The van der Waals surface area contributed by atoms with Gasteiger partial charge in [0.2, 0.25) is 0 Å². The maximum Gasteiger partial charge on any atom is 0.339 e. The van der Waals surface area contributed by atoms with Crippen LogP contribution in [0.4, 0.5) is 10.1 Å². The Kier molecular flexibility index (Phi) is 3.74. The van der Waals surface area contributed by atoms with E-state index in [1.165, 1.54) is 6.92 Å². The number of ether oxygens (including phenoxy) is 1. The molecule has 7 heteroatoms. The molecule has 0 saturated carbocycles. The summed E-state index contributed by atoms with van der Waals surface area (Å²) in [5.41, 5.74) is -0.914. The van der Waals surface area contributed by atoms with Crippen LogP contribution in [0.5, 0.6) is 0 Å². The Bertz CT molecular complexity index is 474. The molecule has 0 saturated heterocycles. The molecular formula is C10H10FNO5. The molecule has 0 fully saturated rings. The number of hydrogen-bond acceptors (Lipinski definition) is 5. The van der Waals surface area contributed by atoms with E-state index in [9.17, 15) is 24.4 Å². The minimum absolute atomic E-state index is 0.104. The fourth-order valence-electron chi connectivity index (χ4n) is 1.45. The van der Waals surface area contributed by atoms with Gasteiger partial charge in [-0.25, -0.2) is 9.18 Å². The van der Waals surface area contributed by atoms with Crippen molar-refractivity contribution in [3.8, 4) is 0 Å². The van der Waals surface area contributed by atoms with Crippen LogP contribution in [0, 0.1) is 22.9 Å². The third-order valence-electron chi connectivity index (χ3n) is 2.33. The van der Waals surface area contributed by atoms with Gasteiger partial charge in [0, 0.05) is 17.2 Å². The highest BCUT2D eigenvalue weighted by molar-refractivity contribution is 5.77. The molecule has 0 aliphatic carbocycles. The van der Waals surface area contributed by atoms with Gasteiger partial charge >= 0.3 is 5.97 Å². The number of aliphatic hydroxyl groups excluding tert-OH is 1. The second-order valence-electron chi connectivity index (χ2n) is 3.29. The Morgan fingerprint density at radius 1 is 1.59 bits per heavy atom. The summed E-state index contributed by atoms with van der Waals surface area (Å²) < 4.78 is 17.7. The van der Waals surface area contributed by atoms with E-state index in [-0.39, 0.29) is 11.3 Å². The molecule has 0 amide bonds. The number of nitro groups is 1. The van der Waals surface area contributed by atoms with Crippen molar-refractivity contribution in [1.82, 2.24) is 0 Å². The summed E-state index contributed by atoms with van der Waals surface area (Å²) in [4.78, 5) is 21.0. The first kappa shape index (κ1) is 13.0. The van der Waals surface area contributed by atoms with Gasteiger partial charge in [0.05, 0.1) is 12.0 Å². The smallest absolute Gasteiger partial charge is 0.339 e. The number of carbonyl (C=O) groups is 1. The van der Waals surface area contributed by atoms with E-state index < -0.39 is 28.4 Å². The van der Waals surface area contributed by atoms with Gasteiger partial charge in [-0.3, -0.25) is 10.1 Å². The summed E-state index contributed by atoms with van der Waals surface area (Å²) in [5.74, 6) is -1.97. The third-order valence-corrected chi connectivity index (χ3v) is 2.33. The quantitative estimate of drug-likeness (QED) is 0.490. The number of nitrogens with zero attached hydrogens (tertiary/aromatic N) is 1. The predicted molar refractivity (Wildman–Crippen MR) is 54.8 cm³/mol. The Balaban J connectivity index is 3.36. The number of halogens is 1. The Labute approximate surface area is 95.8 Å². The van der Waals surface area contributed by atoms with E-state index in [1.54, 1.807) is 0 Å². The summed E-state index contributed by atoms with van der Waals surface area (Å²) in [6, 6.07) is 1.80. The zero-order valence-corrected chi connectivity index (χ0v) is 9.14. The van der Waals surface area contributed by atoms with Crippen molar-refractivity contribution < 1.29 is 24.0 Å². The van der Waals surface area contributed by atoms with Crippen LogP contribution in [-0.4, -0.2) is 23.1 Å². The molecule has 0 radical (unpaired) electrons. The second-order valence-corrected chi connectivity index (χ2v) is 3.29. The molecule has 92 valence electrons. The Morgan fingerprint density at radius 2 is 2.18 bits per heavy atom. The van der Waals surface area contributed by atoms with Crippen molar-refractivity contribution in [2.75, 3.05) is 7.11 Å². The molecule has 0 spiro atoms. The van der Waals surface area contributed by atoms with Crippen LogP contribution in [0.15, 0.2) is 12.1 Å². The summed E-state index contributed by atoms with van der Waals surface area (Å²) >= 11 is 0. The van der Waals surface area contributed by atoms with Crippen molar-refractivity contribution in [2.45, 2.75) is 13.0 Å². The topological polar surface area (TPSA) is 89.7 Å². The van der Waals surface area contributed by atoms with Crippen molar-refractivity contribution in [3.05, 3.63) is 39.2 Å². The van der Waals surface area contributed by atoms with Crippen LogP contribution < -0.4 is 0 Å². The lowest BCUT2D eigenvalue weighted by Gasteiger charge is -2.12.